The van der Waals surface area contributed by atoms with E-state index in [2.05, 4.69) is 10.3 Å². The lowest BCUT2D eigenvalue weighted by atomic mass is 10.1. The van der Waals surface area contributed by atoms with E-state index >= 15 is 0 Å². The minimum atomic E-state index is -0.106. The highest BCUT2D eigenvalue weighted by molar-refractivity contribution is 7.99. The molecule has 0 spiro atoms. The summed E-state index contributed by atoms with van der Waals surface area (Å²) >= 11 is 2.63. The standard InChI is InChI=1S/C19H21N3O4S2/c1-22-18(24)17-13(7-9-27-17)21-19(22)28-11-16(23)20-8-6-12-4-5-14(25-2)15(10-12)26-3/h4-5,7,9-10H,6,8,11H2,1-3H3,(H,20,23). The second-order valence-electron chi connectivity index (χ2n) is 5.97. The monoisotopic (exact) mass is 419 g/mol. The van der Waals surface area contributed by atoms with Crippen LogP contribution < -0.4 is 20.3 Å². The van der Waals surface area contributed by atoms with Gasteiger partial charge < -0.3 is 14.8 Å². The van der Waals surface area contributed by atoms with Gasteiger partial charge in [-0.3, -0.25) is 14.2 Å². The van der Waals surface area contributed by atoms with E-state index < -0.39 is 0 Å². The van der Waals surface area contributed by atoms with Crippen LogP contribution >= 0.6 is 23.1 Å². The predicted molar refractivity (Wildman–Crippen MR) is 112 cm³/mol. The third-order valence-electron chi connectivity index (χ3n) is 4.16. The molecule has 2 aromatic heterocycles. The molecule has 1 amide bonds. The van der Waals surface area contributed by atoms with Gasteiger partial charge in [-0.1, -0.05) is 17.8 Å². The van der Waals surface area contributed by atoms with Crippen LogP contribution in [-0.2, 0) is 18.3 Å². The minimum Gasteiger partial charge on any atom is -0.493 e. The molecule has 0 radical (unpaired) electrons. The van der Waals surface area contributed by atoms with Gasteiger partial charge >= 0.3 is 0 Å². The lowest BCUT2D eigenvalue weighted by molar-refractivity contribution is -0.118. The summed E-state index contributed by atoms with van der Waals surface area (Å²) in [4.78, 5) is 28.9. The van der Waals surface area contributed by atoms with E-state index in [4.69, 9.17) is 9.47 Å². The van der Waals surface area contributed by atoms with E-state index in [1.807, 2.05) is 29.6 Å². The summed E-state index contributed by atoms with van der Waals surface area (Å²) in [5, 5.41) is 5.26. The van der Waals surface area contributed by atoms with Crippen molar-refractivity contribution in [1.82, 2.24) is 14.9 Å². The molecule has 0 unspecified atom stereocenters. The Morgan fingerprint density at radius 2 is 2.04 bits per heavy atom. The highest BCUT2D eigenvalue weighted by Crippen LogP contribution is 2.27. The number of nitrogens with zero attached hydrogens (tertiary/aromatic N) is 2. The number of rotatable bonds is 8. The molecule has 0 saturated heterocycles. The summed E-state index contributed by atoms with van der Waals surface area (Å²) in [7, 11) is 4.86. The topological polar surface area (TPSA) is 82.5 Å². The first-order valence-electron chi connectivity index (χ1n) is 8.58. The van der Waals surface area contributed by atoms with E-state index in [-0.39, 0.29) is 17.2 Å². The van der Waals surface area contributed by atoms with Crippen LogP contribution in [0.5, 0.6) is 11.5 Å². The molecule has 0 bridgehead atoms. The fraction of sp³-hybridized carbons (Fsp3) is 0.316. The van der Waals surface area contributed by atoms with Gasteiger partial charge in [0.05, 0.1) is 25.5 Å². The number of fused-ring (bicyclic) bond motifs is 1. The molecule has 0 aliphatic rings. The van der Waals surface area contributed by atoms with Crippen LogP contribution in [0.3, 0.4) is 0 Å². The van der Waals surface area contributed by atoms with Crippen LogP contribution in [0.25, 0.3) is 10.2 Å². The molecule has 3 aromatic rings. The third-order valence-corrected chi connectivity index (χ3v) is 6.08. The van der Waals surface area contributed by atoms with Crippen LogP contribution in [0.15, 0.2) is 39.6 Å². The fourth-order valence-corrected chi connectivity index (χ4v) is 4.27. The van der Waals surface area contributed by atoms with Crippen LogP contribution in [-0.4, -0.2) is 42.0 Å². The normalized spacial score (nSPS) is 10.8. The first kappa shape index (κ1) is 20.2. The summed E-state index contributed by atoms with van der Waals surface area (Å²) in [5.41, 5.74) is 1.62. The second kappa shape index (κ2) is 9.11. The summed E-state index contributed by atoms with van der Waals surface area (Å²) in [5.74, 6) is 1.43. The first-order valence-corrected chi connectivity index (χ1v) is 10.4. The van der Waals surface area contributed by atoms with Gasteiger partial charge in [0.25, 0.3) is 5.56 Å². The average Bonchev–Trinajstić information content (AvgIpc) is 3.18. The predicted octanol–water partition coefficient (Wildman–Crippen LogP) is 2.46. The maximum atomic E-state index is 12.3. The molecule has 0 fully saturated rings. The van der Waals surface area contributed by atoms with E-state index in [1.54, 1.807) is 21.3 Å². The van der Waals surface area contributed by atoms with Gasteiger partial charge in [0.15, 0.2) is 16.7 Å². The van der Waals surface area contributed by atoms with Gasteiger partial charge in [-0.15, -0.1) is 11.3 Å². The Morgan fingerprint density at radius 1 is 1.25 bits per heavy atom. The number of ether oxygens (including phenoxy) is 2. The highest BCUT2D eigenvalue weighted by atomic mass is 32.2. The molecule has 0 aliphatic heterocycles. The molecule has 2 heterocycles. The Balaban J connectivity index is 1.53. The molecule has 1 N–H and O–H groups in total. The van der Waals surface area contributed by atoms with Gasteiger partial charge in [0.2, 0.25) is 5.91 Å². The Labute approximate surface area is 170 Å². The van der Waals surface area contributed by atoms with Gasteiger partial charge in [0.1, 0.15) is 4.70 Å². The molecular weight excluding hydrogens is 398 g/mol. The largest absolute Gasteiger partial charge is 0.493 e. The molecule has 1 aromatic carbocycles. The van der Waals surface area contributed by atoms with Crippen LogP contribution in [0, 0.1) is 0 Å². The second-order valence-corrected chi connectivity index (χ2v) is 7.83. The Morgan fingerprint density at radius 3 is 2.79 bits per heavy atom. The SMILES string of the molecule is COc1ccc(CCNC(=O)CSc2nc3ccsc3c(=O)n2C)cc1OC. The molecule has 0 saturated carbocycles. The smallest absolute Gasteiger partial charge is 0.271 e. The van der Waals surface area contributed by atoms with Crippen molar-refractivity contribution in [3.63, 3.8) is 0 Å². The van der Waals surface area contributed by atoms with Crippen LogP contribution in [0.2, 0.25) is 0 Å². The van der Waals surface area contributed by atoms with Crippen molar-refractivity contribution < 1.29 is 14.3 Å². The molecule has 0 atom stereocenters. The van der Waals surface area contributed by atoms with Gasteiger partial charge in [-0.2, -0.15) is 0 Å². The Kier molecular flexibility index (Phi) is 6.58. The fourth-order valence-electron chi connectivity index (χ4n) is 2.66. The first-order chi connectivity index (χ1) is 13.5. The summed E-state index contributed by atoms with van der Waals surface area (Å²) in [6.45, 7) is 0.505. The lowest BCUT2D eigenvalue weighted by Gasteiger charge is -2.10. The maximum absolute atomic E-state index is 12.3. The molecule has 3 rings (SSSR count). The van der Waals surface area contributed by atoms with Crippen molar-refractivity contribution in [2.75, 3.05) is 26.5 Å². The van der Waals surface area contributed by atoms with Crippen LogP contribution in [0.1, 0.15) is 5.56 Å². The summed E-state index contributed by atoms with van der Waals surface area (Å²) < 4.78 is 12.6. The third kappa shape index (κ3) is 4.48. The number of thioether (sulfide) groups is 1. The van der Waals surface area contributed by atoms with E-state index in [9.17, 15) is 9.59 Å². The number of thiophene rings is 1. The zero-order chi connectivity index (χ0) is 20.1. The van der Waals surface area contributed by atoms with E-state index in [1.165, 1.54) is 27.7 Å². The summed E-state index contributed by atoms with van der Waals surface area (Å²) in [6.07, 6.45) is 0.675. The van der Waals surface area contributed by atoms with E-state index in [0.717, 1.165) is 5.56 Å². The molecule has 28 heavy (non-hydrogen) atoms. The van der Waals surface area contributed by atoms with Crippen LogP contribution in [0.4, 0.5) is 0 Å². The lowest BCUT2D eigenvalue weighted by Crippen LogP contribution is -2.28. The summed E-state index contributed by atoms with van der Waals surface area (Å²) in [6, 6.07) is 7.50. The number of hydrogen-bond donors (Lipinski definition) is 1. The number of benzene rings is 1. The molecule has 9 heteroatoms. The highest BCUT2D eigenvalue weighted by Gasteiger charge is 2.12. The number of aromatic nitrogens is 2. The number of nitrogens with one attached hydrogen (secondary N) is 1. The van der Waals surface area contributed by atoms with Gasteiger partial charge in [-0.25, -0.2) is 4.98 Å². The Hall–Kier alpha value is -2.52. The number of amides is 1. The zero-order valence-corrected chi connectivity index (χ0v) is 17.5. The number of hydrogen-bond acceptors (Lipinski definition) is 7. The Bertz CT molecular complexity index is 1050. The molecule has 7 nitrogen and oxygen atoms in total. The minimum absolute atomic E-state index is 0.0867. The number of carbonyl (C=O) groups is 1. The zero-order valence-electron chi connectivity index (χ0n) is 15.9. The van der Waals surface area contributed by atoms with Crippen molar-refractivity contribution in [2.45, 2.75) is 11.6 Å². The molecule has 0 aliphatic carbocycles. The van der Waals surface area contributed by atoms with Crippen molar-refractivity contribution in [3.05, 3.63) is 45.6 Å². The quantitative estimate of drug-likeness (QED) is 0.446. The van der Waals surface area contributed by atoms with Gasteiger partial charge in [-0.05, 0) is 35.6 Å². The van der Waals surface area contributed by atoms with Crippen molar-refractivity contribution in [2.24, 2.45) is 7.05 Å². The van der Waals surface area contributed by atoms with Gasteiger partial charge in [0, 0.05) is 13.6 Å². The molecular formula is C19H21N3O4S2. The van der Waals surface area contributed by atoms with Crippen molar-refractivity contribution >= 4 is 39.2 Å². The number of carbonyl (C=O) groups excluding carboxylic acids is 1. The molecule has 148 valence electrons. The van der Waals surface area contributed by atoms with Crippen molar-refractivity contribution in [3.8, 4) is 11.5 Å². The van der Waals surface area contributed by atoms with E-state index in [0.29, 0.717) is 39.8 Å². The average molecular weight is 420 g/mol. The van der Waals surface area contributed by atoms with Crippen molar-refractivity contribution in [1.29, 1.82) is 0 Å². The maximum Gasteiger partial charge on any atom is 0.271 e. The number of methoxy groups -OCH3 is 2.